The molecule has 2 fully saturated rings. The van der Waals surface area contributed by atoms with Crippen LogP contribution in [-0.4, -0.2) is 45.4 Å². The van der Waals surface area contributed by atoms with Crippen molar-refractivity contribution in [3.05, 3.63) is 30.0 Å². The summed E-state index contributed by atoms with van der Waals surface area (Å²) in [5.74, 6) is 3.30. The van der Waals surface area contributed by atoms with Crippen molar-refractivity contribution < 1.29 is 14.3 Å². The van der Waals surface area contributed by atoms with Crippen LogP contribution in [0.3, 0.4) is 0 Å². The van der Waals surface area contributed by atoms with Crippen molar-refractivity contribution in [2.24, 2.45) is 5.41 Å². The maximum Gasteiger partial charge on any atom is 0.191 e. The van der Waals surface area contributed by atoms with Gasteiger partial charge in [0.05, 0.1) is 32.6 Å². The highest BCUT2D eigenvalue weighted by atomic mass is 32.2. The van der Waals surface area contributed by atoms with Gasteiger partial charge in [-0.1, -0.05) is 11.8 Å². The molecule has 0 amide bonds. The molecular weight excluding hydrogens is 302 g/mol. The van der Waals surface area contributed by atoms with Crippen molar-refractivity contribution in [3.63, 3.8) is 0 Å². The van der Waals surface area contributed by atoms with Crippen LogP contribution >= 0.6 is 11.8 Å². The Morgan fingerprint density at radius 3 is 2.82 bits per heavy atom. The molecule has 22 heavy (non-hydrogen) atoms. The van der Waals surface area contributed by atoms with E-state index in [1.54, 1.807) is 18.0 Å². The van der Waals surface area contributed by atoms with E-state index in [2.05, 4.69) is 14.8 Å². The lowest BCUT2D eigenvalue weighted by atomic mass is 9.90. The lowest BCUT2D eigenvalue weighted by Crippen LogP contribution is -2.47. The fourth-order valence-electron chi connectivity index (χ4n) is 2.59. The molecule has 4 rings (SSSR count). The second kappa shape index (κ2) is 5.72. The third-order valence-electron chi connectivity index (χ3n) is 4.24. The van der Waals surface area contributed by atoms with Crippen molar-refractivity contribution in [1.29, 1.82) is 0 Å². The molecule has 1 saturated carbocycles. The van der Waals surface area contributed by atoms with Crippen LogP contribution in [0.4, 0.5) is 0 Å². The predicted molar refractivity (Wildman–Crippen MR) is 80.9 cm³/mol. The van der Waals surface area contributed by atoms with E-state index in [0.29, 0.717) is 25.7 Å². The van der Waals surface area contributed by atoms with Crippen LogP contribution in [0, 0.1) is 5.41 Å². The molecule has 0 bridgehead atoms. The van der Waals surface area contributed by atoms with Crippen LogP contribution in [0.5, 0.6) is 0 Å². The lowest BCUT2D eigenvalue weighted by molar-refractivity contribution is -0.121. The van der Waals surface area contributed by atoms with E-state index in [1.165, 1.54) is 12.8 Å². The molecule has 118 valence electrons. The van der Waals surface area contributed by atoms with Crippen molar-refractivity contribution in [3.8, 4) is 0 Å². The van der Waals surface area contributed by atoms with Gasteiger partial charge < -0.3 is 14.3 Å². The molecule has 0 unspecified atom stereocenters. The van der Waals surface area contributed by atoms with Gasteiger partial charge in [-0.05, 0) is 25.0 Å². The van der Waals surface area contributed by atoms with Crippen molar-refractivity contribution in [1.82, 2.24) is 14.8 Å². The van der Waals surface area contributed by atoms with Gasteiger partial charge >= 0.3 is 0 Å². The summed E-state index contributed by atoms with van der Waals surface area (Å²) in [7, 11) is 0. The molecule has 1 aliphatic carbocycles. The third-order valence-corrected chi connectivity index (χ3v) is 5.56. The number of aliphatic hydroxyl groups is 1. The van der Waals surface area contributed by atoms with Crippen LogP contribution in [0.25, 0.3) is 0 Å². The van der Waals surface area contributed by atoms with Gasteiger partial charge in [0.2, 0.25) is 0 Å². The smallest absolute Gasteiger partial charge is 0.191 e. The van der Waals surface area contributed by atoms with E-state index < -0.39 is 0 Å². The van der Waals surface area contributed by atoms with E-state index >= 15 is 0 Å². The van der Waals surface area contributed by atoms with Crippen molar-refractivity contribution in [2.75, 3.05) is 25.6 Å². The second-order valence-electron chi connectivity index (χ2n) is 6.22. The minimum Gasteiger partial charge on any atom is -0.467 e. The molecule has 0 spiro atoms. The zero-order valence-electron chi connectivity index (χ0n) is 12.3. The Labute approximate surface area is 132 Å². The van der Waals surface area contributed by atoms with E-state index in [9.17, 15) is 5.11 Å². The van der Waals surface area contributed by atoms with Gasteiger partial charge in [0.25, 0.3) is 0 Å². The molecule has 0 atom stereocenters. The Morgan fingerprint density at radius 2 is 2.23 bits per heavy atom. The van der Waals surface area contributed by atoms with Gasteiger partial charge in [0.15, 0.2) is 5.16 Å². The van der Waals surface area contributed by atoms with Crippen molar-refractivity contribution >= 4 is 11.8 Å². The quantitative estimate of drug-likeness (QED) is 0.785. The monoisotopic (exact) mass is 321 g/mol. The number of furan rings is 1. The summed E-state index contributed by atoms with van der Waals surface area (Å²) in [4.78, 5) is 0. The maximum atomic E-state index is 9.54. The summed E-state index contributed by atoms with van der Waals surface area (Å²) in [6.07, 6.45) is 4.07. The molecule has 1 saturated heterocycles. The molecule has 1 N–H and O–H groups in total. The van der Waals surface area contributed by atoms with Gasteiger partial charge in [-0.25, -0.2) is 0 Å². The molecule has 2 aliphatic rings. The Balaban J connectivity index is 1.53. The number of hydrogen-bond donors (Lipinski definition) is 1. The van der Waals surface area contributed by atoms with Gasteiger partial charge in [-0.2, -0.15) is 0 Å². The minimum atomic E-state index is -0.119. The standard InChI is InChI=1S/C15H19N3O3S/c19-7-15(8-20-9-15)10-22-14-17-16-13(11-3-4-11)18(14)6-12-2-1-5-21-12/h1-2,5,11,19H,3-4,6-10H2. The Morgan fingerprint density at radius 1 is 1.36 bits per heavy atom. The molecule has 2 aromatic rings. The molecule has 7 heteroatoms. The first-order valence-corrected chi connectivity index (χ1v) is 8.55. The van der Waals surface area contributed by atoms with Gasteiger partial charge in [0, 0.05) is 17.1 Å². The number of thioether (sulfide) groups is 1. The largest absolute Gasteiger partial charge is 0.467 e. The molecule has 3 heterocycles. The minimum absolute atomic E-state index is 0.119. The SMILES string of the molecule is OCC1(CSc2nnc(C3CC3)n2Cc2ccco2)COC1. The summed E-state index contributed by atoms with van der Waals surface area (Å²) in [5.41, 5.74) is -0.119. The number of hydrogen-bond acceptors (Lipinski definition) is 6. The summed E-state index contributed by atoms with van der Waals surface area (Å²) >= 11 is 1.65. The number of aliphatic hydroxyl groups excluding tert-OH is 1. The molecular formula is C15H19N3O3S. The van der Waals surface area contributed by atoms with Gasteiger partial charge in [0.1, 0.15) is 11.6 Å². The van der Waals surface area contributed by atoms with E-state index in [4.69, 9.17) is 9.15 Å². The average molecular weight is 321 g/mol. The number of rotatable bonds is 7. The lowest BCUT2D eigenvalue weighted by Gasteiger charge is -2.39. The van der Waals surface area contributed by atoms with E-state index in [1.807, 2.05) is 12.1 Å². The van der Waals surface area contributed by atoms with Crippen LogP contribution in [-0.2, 0) is 11.3 Å². The zero-order valence-corrected chi connectivity index (χ0v) is 13.1. The Kier molecular flexibility index (Phi) is 3.71. The number of nitrogens with zero attached hydrogens (tertiary/aromatic N) is 3. The first kappa shape index (κ1) is 14.3. The van der Waals surface area contributed by atoms with Gasteiger partial charge in [-0.3, -0.25) is 4.57 Å². The molecule has 0 aromatic carbocycles. The topological polar surface area (TPSA) is 73.3 Å². The van der Waals surface area contributed by atoms with Crippen molar-refractivity contribution in [2.45, 2.75) is 30.5 Å². The zero-order chi connectivity index (χ0) is 15.0. The fourth-order valence-corrected chi connectivity index (χ4v) is 3.69. The first-order chi connectivity index (χ1) is 10.8. The highest BCUT2D eigenvalue weighted by Gasteiger charge is 2.39. The average Bonchev–Trinajstić information content (AvgIpc) is 3.05. The van der Waals surface area contributed by atoms with Crippen LogP contribution in [0.1, 0.15) is 30.3 Å². The highest BCUT2D eigenvalue weighted by Crippen LogP contribution is 2.41. The summed E-state index contributed by atoms with van der Waals surface area (Å²) in [6.45, 7) is 2.06. The molecule has 0 radical (unpaired) electrons. The summed E-state index contributed by atoms with van der Waals surface area (Å²) in [5, 5.41) is 19.2. The maximum absolute atomic E-state index is 9.54. The first-order valence-electron chi connectivity index (χ1n) is 7.57. The number of aromatic nitrogens is 3. The Bertz CT molecular complexity index is 627. The summed E-state index contributed by atoms with van der Waals surface area (Å²) < 4.78 is 12.9. The summed E-state index contributed by atoms with van der Waals surface area (Å²) in [6, 6.07) is 3.87. The van der Waals surface area contributed by atoms with Crippen LogP contribution in [0.2, 0.25) is 0 Å². The third kappa shape index (κ3) is 2.68. The van der Waals surface area contributed by atoms with Crippen LogP contribution < -0.4 is 0 Å². The molecule has 1 aliphatic heterocycles. The second-order valence-corrected chi connectivity index (χ2v) is 7.16. The van der Waals surface area contributed by atoms with Gasteiger partial charge in [-0.15, -0.1) is 10.2 Å². The van der Waals surface area contributed by atoms with Crippen LogP contribution in [0.15, 0.2) is 28.0 Å². The Hall–Kier alpha value is -1.31. The normalized spacial score (nSPS) is 20.0. The fraction of sp³-hybridized carbons (Fsp3) is 0.600. The van der Waals surface area contributed by atoms with E-state index in [-0.39, 0.29) is 12.0 Å². The molecule has 6 nitrogen and oxygen atoms in total. The van der Waals surface area contributed by atoms with E-state index in [0.717, 1.165) is 22.5 Å². The molecule has 2 aromatic heterocycles. The predicted octanol–water partition coefficient (Wildman–Crippen LogP) is 1.90. The number of ether oxygens (including phenoxy) is 1. The highest BCUT2D eigenvalue weighted by molar-refractivity contribution is 7.99.